The van der Waals surface area contributed by atoms with Crippen molar-refractivity contribution in [2.45, 2.75) is 10.8 Å². The number of nitrogens with zero attached hydrogens (tertiary/aromatic N) is 5. The van der Waals surface area contributed by atoms with Crippen LogP contribution in [0.5, 0.6) is 0 Å². The molecule has 3 aromatic rings. The zero-order chi connectivity index (χ0) is 15.4. The summed E-state index contributed by atoms with van der Waals surface area (Å²) in [5.41, 5.74) is 0.968. The normalized spacial score (nSPS) is 10.5. The van der Waals surface area contributed by atoms with Crippen molar-refractivity contribution in [1.82, 2.24) is 20.0 Å². The molecule has 1 aromatic carbocycles. The third-order valence-corrected chi connectivity index (χ3v) is 3.86. The summed E-state index contributed by atoms with van der Waals surface area (Å²) in [6.45, 7) is 0. The number of non-ortho nitro benzene ring substituents is 1. The van der Waals surface area contributed by atoms with E-state index in [1.807, 2.05) is 24.3 Å². The molecular formula is C14H11N5O2S. The molecule has 0 N–H and O–H groups in total. The van der Waals surface area contributed by atoms with Crippen LogP contribution in [-0.4, -0.2) is 24.9 Å². The first-order valence-electron chi connectivity index (χ1n) is 6.42. The van der Waals surface area contributed by atoms with Gasteiger partial charge in [0.05, 0.1) is 4.92 Å². The number of nitro benzene ring substituents is 1. The van der Waals surface area contributed by atoms with Crippen LogP contribution in [-0.2, 0) is 5.75 Å². The Morgan fingerprint density at radius 2 is 2.09 bits per heavy atom. The molecule has 8 heteroatoms. The van der Waals surface area contributed by atoms with Crippen molar-refractivity contribution >= 4 is 17.4 Å². The van der Waals surface area contributed by atoms with Crippen molar-refractivity contribution in [2.24, 2.45) is 0 Å². The average Bonchev–Trinajstić information content (AvgIpc) is 3.08. The van der Waals surface area contributed by atoms with Gasteiger partial charge in [-0.15, -0.1) is 10.2 Å². The predicted molar refractivity (Wildman–Crippen MR) is 81.8 cm³/mol. The molecule has 3 rings (SSSR count). The van der Waals surface area contributed by atoms with Gasteiger partial charge in [0.1, 0.15) is 5.03 Å². The highest BCUT2D eigenvalue weighted by molar-refractivity contribution is 7.98. The number of thioether (sulfide) groups is 1. The van der Waals surface area contributed by atoms with E-state index in [1.54, 1.807) is 29.2 Å². The fraction of sp³-hybridized carbons (Fsp3) is 0.0714. The van der Waals surface area contributed by atoms with Crippen LogP contribution in [0, 0.1) is 10.1 Å². The van der Waals surface area contributed by atoms with Crippen LogP contribution in [0.15, 0.2) is 59.9 Å². The molecule has 0 saturated heterocycles. The molecule has 22 heavy (non-hydrogen) atoms. The maximum absolute atomic E-state index is 10.7. The first-order valence-corrected chi connectivity index (χ1v) is 7.41. The molecule has 0 unspecified atom stereocenters. The lowest BCUT2D eigenvalue weighted by Crippen LogP contribution is -1.99. The summed E-state index contributed by atoms with van der Waals surface area (Å²) in [4.78, 5) is 10.3. The second-order valence-electron chi connectivity index (χ2n) is 4.40. The summed E-state index contributed by atoms with van der Waals surface area (Å²) in [7, 11) is 0. The lowest BCUT2D eigenvalue weighted by Gasteiger charge is -2.03. The maximum Gasteiger partial charge on any atom is 0.269 e. The van der Waals surface area contributed by atoms with Crippen molar-refractivity contribution < 1.29 is 4.92 Å². The van der Waals surface area contributed by atoms with Gasteiger partial charge >= 0.3 is 0 Å². The van der Waals surface area contributed by atoms with Gasteiger partial charge in [-0.2, -0.15) is 5.10 Å². The second kappa shape index (κ2) is 6.35. The number of rotatable bonds is 5. The third kappa shape index (κ3) is 3.29. The Balaban J connectivity index is 1.66. The van der Waals surface area contributed by atoms with Gasteiger partial charge < -0.3 is 0 Å². The zero-order valence-corrected chi connectivity index (χ0v) is 12.2. The Bertz CT molecular complexity index is 774. The number of nitro groups is 1. The fourth-order valence-electron chi connectivity index (χ4n) is 1.83. The summed E-state index contributed by atoms with van der Waals surface area (Å²) >= 11 is 1.47. The lowest BCUT2D eigenvalue weighted by atomic mass is 10.2. The number of hydrogen-bond acceptors (Lipinski definition) is 6. The summed E-state index contributed by atoms with van der Waals surface area (Å²) in [6.07, 6.45) is 3.46. The first-order chi connectivity index (χ1) is 10.7. The Morgan fingerprint density at radius 3 is 2.77 bits per heavy atom. The van der Waals surface area contributed by atoms with Crippen molar-refractivity contribution in [2.75, 3.05) is 0 Å². The summed E-state index contributed by atoms with van der Waals surface area (Å²) in [5, 5.41) is 23.8. The van der Waals surface area contributed by atoms with E-state index in [0.29, 0.717) is 11.6 Å². The summed E-state index contributed by atoms with van der Waals surface area (Å²) in [6, 6.07) is 12.1. The molecule has 0 spiro atoms. The highest BCUT2D eigenvalue weighted by atomic mass is 32.2. The van der Waals surface area contributed by atoms with Crippen LogP contribution in [0.25, 0.3) is 5.82 Å². The van der Waals surface area contributed by atoms with Crippen LogP contribution in [0.1, 0.15) is 5.56 Å². The van der Waals surface area contributed by atoms with Crippen LogP contribution in [0.3, 0.4) is 0 Å². The minimum Gasteiger partial charge on any atom is -0.258 e. The van der Waals surface area contributed by atoms with Crippen LogP contribution in [0.4, 0.5) is 5.69 Å². The Morgan fingerprint density at radius 1 is 1.18 bits per heavy atom. The van der Waals surface area contributed by atoms with E-state index >= 15 is 0 Å². The molecule has 7 nitrogen and oxygen atoms in total. The van der Waals surface area contributed by atoms with Gasteiger partial charge in [0.2, 0.25) is 0 Å². The predicted octanol–water partition coefficient (Wildman–Crippen LogP) is 2.86. The van der Waals surface area contributed by atoms with E-state index in [0.717, 1.165) is 10.6 Å². The molecule has 0 radical (unpaired) electrons. The van der Waals surface area contributed by atoms with Gasteiger partial charge in [-0.25, -0.2) is 4.68 Å². The van der Waals surface area contributed by atoms with Crippen LogP contribution < -0.4 is 0 Å². The topological polar surface area (TPSA) is 86.7 Å². The van der Waals surface area contributed by atoms with E-state index in [9.17, 15) is 10.1 Å². The third-order valence-electron chi connectivity index (χ3n) is 2.87. The van der Waals surface area contributed by atoms with Crippen molar-refractivity contribution in [3.8, 4) is 5.82 Å². The van der Waals surface area contributed by atoms with Crippen LogP contribution >= 0.6 is 11.8 Å². The molecule has 2 heterocycles. The SMILES string of the molecule is O=[N+]([O-])c1cccc(CSc2ccc(-n3cccn3)nn2)c1. The number of aromatic nitrogens is 4. The van der Waals surface area contributed by atoms with Crippen molar-refractivity contribution in [3.63, 3.8) is 0 Å². The molecule has 0 aliphatic carbocycles. The molecule has 0 aliphatic rings. The average molecular weight is 313 g/mol. The molecule has 0 bridgehead atoms. The summed E-state index contributed by atoms with van der Waals surface area (Å²) < 4.78 is 1.63. The highest BCUT2D eigenvalue weighted by Gasteiger charge is 2.07. The lowest BCUT2D eigenvalue weighted by molar-refractivity contribution is -0.384. The van der Waals surface area contributed by atoms with Gasteiger partial charge in [0.15, 0.2) is 5.82 Å². The number of hydrogen-bond donors (Lipinski definition) is 0. The zero-order valence-electron chi connectivity index (χ0n) is 11.4. The summed E-state index contributed by atoms with van der Waals surface area (Å²) in [5.74, 6) is 1.24. The van der Waals surface area contributed by atoms with E-state index in [4.69, 9.17) is 0 Å². The Hall–Kier alpha value is -2.74. The van der Waals surface area contributed by atoms with Gasteiger partial charge in [-0.1, -0.05) is 23.9 Å². The minimum atomic E-state index is -0.396. The molecule has 2 aromatic heterocycles. The quantitative estimate of drug-likeness (QED) is 0.409. The fourth-order valence-corrected chi connectivity index (χ4v) is 2.59. The van der Waals surface area contributed by atoms with E-state index in [2.05, 4.69) is 15.3 Å². The van der Waals surface area contributed by atoms with Crippen LogP contribution in [0.2, 0.25) is 0 Å². The Labute approximate surface area is 130 Å². The second-order valence-corrected chi connectivity index (χ2v) is 5.39. The van der Waals surface area contributed by atoms with Gasteiger partial charge in [-0.05, 0) is 23.8 Å². The molecule has 0 saturated carbocycles. The largest absolute Gasteiger partial charge is 0.269 e. The van der Waals surface area contributed by atoms with Gasteiger partial charge in [0.25, 0.3) is 5.69 Å². The monoisotopic (exact) mass is 313 g/mol. The number of benzene rings is 1. The molecule has 0 amide bonds. The van der Waals surface area contributed by atoms with E-state index in [-0.39, 0.29) is 5.69 Å². The maximum atomic E-state index is 10.7. The first kappa shape index (κ1) is 14.2. The highest BCUT2D eigenvalue weighted by Crippen LogP contribution is 2.23. The Kier molecular flexibility index (Phi) is 4.10. The minimum absolute atomic E-state index is 0.0956. The molecule has 0 atom stereocenters. The van der Waals surface area contributed by atoms with Crippen molar-refractivity contribution in [3.05, 3.63) is 70.5 Å². The van der Waals surface area contributed by atoms with E-state index in [1.165, 1.54) is 17.8 Å². The molecule has 0 fully saturated rings. The van der Waals surface area contributed by atoms with Gasteiger partial charge in [0, 0.05) is 30.3 Å². The van der Waals surface area contributed by atoms with Gasteiger partial charge in [-0.3, -0.25) is 10.1 Å². The molecular weight excluding hydrogens is 302 g/mol. The molecule has 0 aliphatic heterocycles. The smallest absolute Gasteiger partial charge is 0.258 e. The standard InChI is InChI=1S/C14H11N5O2S/c20-19(21)12-4-1-3-11(9-12)10-22-14-6-5-13(16-17-14)18-8-2-7-15-18/h1-9H,10H2. The van der Waals surface area contributed by atoms with E-state index < -0.39 is 4.92 Å². The molecule has 110 valence electrons. The van der Waals surface area contributed by atoms with Crippen molar-refractivity contribution in [1.29, 1.82) is 0 Å².